The van der Waals surface area contributed by atoms with E-state index in [1.807, 2.05) is 45.0 Å². The Morgan fingerprint density at radius 3 is 2.30 bits per heavy atom. The van der Waals surface area contributed by atoms with Gasteiger partial charge in [-0.25, -0.2) is 4.79 Å². The molecule has 5 heteroatoms. The van der Waals surface area contributed by atoms with Gasteiger partial charge in [-0.3, -0.25) is 0 Å². The maximum Gasteiger partial charge on any atom is 0.410 e. The Labute approximate surface area is 120 Å². The van der Waals surface area contributed by atoms with E-state index < -0.39 is 11.7 Å². The second-order valence-corrected chi connectivity index (χ2v) is 5.47. The normalized spacial score (nSPS) is 11.1. The van der Waals surface area contributed by atoms with Crippen LogP contribution in [0.5, 0.6) is 5.75 Å². The molecule has 0 atom stereocenters. The molecule has 1 N–H and O–H groups in total. The van der Waals surface area contributed by atoms with Gasteiger partial charge in [0.2, 0.25) is 0 Å². The molecule has 1 aromatic carbocycles. The summed E-state index contributed by atoms with van der Waals surface area (Å²) in [4.78, 5) is 13.5. The molecule has 1 amide bonds. The minimum absolute atomic E-state index is 0.102. The quantitative estimate of drug-likeness (QED) is 0.900. The Balaban J connectivity index is 2.72. The topological polar surface area (TPSA) is 59.0 Å². The fourth-order valence-corrected chi connectivity index (χ4v) is 1.63. The number of ether oxygens (including phenoxy) is 2. The maximum absolute atomic E-state index is 12.0. The number of hydrogen-bond donors (Lipinski definition) is 1. The van der Waals surface area contributed by atoms with E-state index in [2.05, 4.69) is 0 Å². The van der Waals surface area contributed by atoms with Gasteiger partial charge in [-0.05, 0) is 38.5 Å². The van der Waals surface area contributed by atoms with Crippen molar-refractivity contribution in [2.45, 2.75) is 32.9 Å². The van der Waals surface area contributed by atoms with E-state index in [9.17, 15) is 4.79 Å². The van der Waals surface area contributed by atoms with Gasteiger partial charge in [-0.2, -0.15) is 0 Å². The molecule has 0 radical (unpaired) electrons. The molecule has 1 aromatic rings. The van der Waals surface area contributed by atoms with Crippen LogP contribution in [0.3, 0.4) is 0 Å². The third-order valence-electron chi connectivity index (χ3n) is 2.55. The van der Waals surface area contributed by atoms with Crippen LogP contribution in [-0.2, 0) is 11.3 Å². The van der Waals surface area contributed by atoms with Crippen LogP contribution >= 0.6 is 0 Å². The molecule has 0 heterocycles. The van der Waals surface area contributed by atoms with Crippen molar-refractivity contribution >= 4 is 6.09 Å². The minimum Gasteiger partial charge on any atom is -0.497 e. The van der Waals surface area contributed by atoms with E-state index in [0.29, 0.717) is 6.54 Å². The Kier molecular flexibility index (Phi) is 5.82. The Bertz CT molecular complexity index is 422. The first-order valence-corrected chi connectivity index (χ1v) is 6.57. The largest absolute Gasteiger partial charge is 0.497 e. The number of nitrogens with zero attached hydrogens (tertiary/aromatic N) is 1. The van der Waals surface area contributed by atoms with Gasteiger partial charge in [-0.1, -0.05) is 12.1 Å². The lowest BCUT2D eigenvalue weighted by molar-refractivity contribution is 0.0201. The molecular weight excluding hydrogens is 258 g/mol. The van der Waals surface area contributed by atoms with Crippen molar-refractivity contribution in [1.82, 2.24) is 4.90 Å². The van der Waals surface area contributed by atoms with Crippen molar-refractivity contribution in [2.75, 3.05) is 20.3 Å². The molecule has 0 saturated heterocycles. The third-order valence-corrected chi connectivity index (χ3v) is 2.55. The number of benzene rings is 1. The highest BCUT2D eigenvalue weighted by Gasteiger charge is 2.21. The predicted octanol–water partition coefficient (Wildman–Crippen LogP) is 2.42. The number of amides is 1. The van der Waals surface area contributed by atoms with Crippen LogP contribution in [0.15, 0.2) is 24.3 Å². The first kappa shape index (κ1) is 16.3. The summed E-state index contributed by atoms with van der Waals surface area (Å²) in [7, 11) is 1.60. The lowest BCUT2D eigenvalue weighted by Crippen LogP contribution is -2.38. The molecule has 0 aliphatic rings. The average Bonchev–Trinajstić information content (AvgIpc) is 2.37. The summed E-state index contributed by atoms with van der Waals surface area (Å²) in [5.41, 5.74) is 0.398. The van der Waals surface area contributed by atoms with Crippen molar-refractivity contribution < 1.29 is 19.4 Å². The summed E-state index contributed by atoms with van der Waals surface area (Å²) >= 11 is 0. The van der Waals surface area contributed by atoms with E-state index in [1.165, 1.54) is 4.90 Å². The number of aliphatic hydroxyl groups excluding tert-OH is 1. The zero-order valence-corrected chi connectivity index (χ0v) is 12.5. The minimum atomic E-state index is -0.551. The highest BCUT2D eigenvalue weighted by Crippen LogP contribution is 2.15. The van der Waals surface area contributed by atoms with Gasteiger partial charge >= 0.3 is 6.09 Å². The molecule has 20 heavy (non-hydrogen) atoms. The van der Waals surface area contributed by atoms with Crippen LogP contribution in [0.2, 0.25) is 0 Å². The monoisotopic (exact) mass is 281 g/mol. The van der Waals surface area contributed by atoms with Crippen LogP contribution in [0.25, 0.3) is 0 Å². The van der Waals surface area contributed by atoms with E-state index in [0.717, 1.165) is 11.3 Å². The van der Waals surface area contributed by atoms with Crippen LogP contribution in [0.1, 0.15) is 26.3 Å². The summed E-state index contributed by atoms with van der Waals surface area (Å²) in [5, 5.41) is 9.07. The summed E-state index contributed by atoms with van der Waals surface area (Å²) in [6.45, 7) is 5.97. The van der Waals surface area contributed by atoms with E-state index in [4.69, 9.17) is 14.6 Å². The van der Waals surface area contributed by atoms with E-state index in [-0.39, 0.29) is 13.2 Å². The molecule has 0 unspecified atom stereocenters. The molecule has 0 saturated carbocycles. The van der Waals surface area contributed by atoms with Gasteiger partial charge in [0.1, 0.15) is 11.4 Å². The molecular formula is C15H23NO4. The number of carbonyl (C=O) groups excluding carboxylic acids is 1. The molecule has 5 nitrogen and oxygen atoms in total. The maximum atomic E-state index is 12.0. The second-order valence-electron chi connectivity index (χ2n) is 5.47. The summed E-state index contributed by atoms with van der Waals surface area (Å²) in [6, 6.07) is 7.43. The molecule has 0 fully saturated rings. The smallest absolute Gasteiger partial charge is 0.410 e. The molecule has 0 spiro atoms. The Morgan fingerprint density at radius 1 is 1.25 bits per heavy atom. The van der Waals surface area contributed by atoms with Crippen LogP contribution in [0.4, 0.5) is 4.79 Å². The first-order valence-electron chi connectivity index (χ1n) is 6.57. The molecule has 0 aliphatic heterocycles. The summed E-state index contributed by atoms with van der Waals surface area (Å²) < 4.78 is 10.4. The van der Waals surface area contributed by atoms with Crippen molar-refractivity contribution in [3.8, 4) is 5.75 Å². The van der Waals surface area contributed by atoms with Crippen molar-refractivity contribution in [3.05, 3.63) is 29.8 Å². The van der Waals surface area contributed by atoms with Gasteiger partial charge in [0.25, 0.3) is 0 Å². The number of rotatable bonds is 5. The Morgan fingerprint density at radius 2 is 1.85 bits per heavy atom. The molecule has 0 bridgehead atoms. The van der Waals surface area contributed by atoms with Crippen LogP contribution in [-0.4, -0.2) is 42.0 Å². The highest BCUT2D eigenvalue weighted by atomic mass is 16.6. The highest BCUT2D eigenvalue weighted by molar-refractivity contribution is 5.68. The second kappa shape index (κ2) is 7.14. The number of methoxy groups -OCH3 is 1. The number of hydrogen-bond acceptors (Lipinski definition) is 4. The Hall–Kier alpha value is -1.75. The standard InChI is InChI=1S/C15H23NO4/c1-15(2,3)20-14(18)16(9-10-17)11-12-5-7-13(19-4)8-6-12/h5-8,17H,9-11H2,1-4H3. The SMILES string of the molecule is COc1ccc(CN(CCO)C(=O)OC(C)(C)C)cc1. The van der Waals surface area contributed by atoms with Gasteiger partial charge in [0, 0.05) is 13.1 Å². The first-order chi connectivity index (χ1) is 9.35. The van der Waals surface area contributed by atoms with Crippen molar-refractivity contribution in [1.29, 1.82) is 0 Å². The van der Waals surface area contributed by atoms with Gasteiger partial charge in [-0.15, -0.1) is 0 Å². The molecule has 1 rings (SSSR count). The van der Waals surface area contributed by atoms with Gasteiger partial charge in [0.15, 0.2) is 0 Å². The average molecular weight is 281 g/mol. The fraction of sp³-hybridized carbons (Fsp3) is 0.533. The van der Waals surface area contributed by atoms with Crippen molar-refractivity contribution in [2.24, 2.45) is 0 Å². The third kappa shape index (κ3) is 5.48. The van der Waals surface area contributed by atoms with Crippen LogP contribution in [0, 0.1) is 0 Å². The summed E-state index contributed by atoms with van der Waals surface area (Å²) in [5.74, 6) is 0.764. The zero-order valence-electron chi connectivity index (χ0n) is 12.5. The van der Waals surface area contributed by atoms with E-state index in [1.54, 1.807) is 7.11 Å². The van der Waals surface area contributed by atoms with E-state index >= 15 is 0 Å². The fourth-order valence-electron chi connectivity index (χ4n) is 1.63. The molecule has 112 valence electrons. The summed E-state index contributed by atoms with van der Waals surface area (Å²) in [6.07, 6.45) is -0.428. The van der Waals surface area contributed by atoms with Gasteiger partial charge < -0.3 is 19.5 Å². The molecule has 0 aliphatic carbocycles. The predicted molar refractivity (Wildman–Crippen MR) is 76.7 cm³/mol. The lowest BCUT2D eigenvalue weighted by Gasteiger charge is -2.27. The van der Waals surface area contributed by atoms with Crippen LogP contribution < -0.4 is 4.74 Å². The van der Waals surface area contributed by atoms with Gasteiger partial charge in [0.05, 0.1) is 13.7 Å². The zero-order chi connectivity index (χ0) is 15.2. The number of aliphatic hydroxyl groups is 1. The lowest BCUT2D eigenvalue weighted by atomic mass is 10.2. The van der Waals surface area contributed by atoms with Crippen molar-refractivity contribution in [3.63, 3.8) is 0 Å². The molecule has 0 aromatic heterocycles. The number of carbonyl (C=O) groups is 1.